The van der Waals surface area contributed by atoms with E-state index in [1.807, 2.05) is 0 Å². The summed E-state index contributed by atoms with van der Waals surface area (Å²) in [6.07, 6.45) is 0. The highest BCUT2D eigenvalue weighted by atomic mass is 32.1. The van der Waals surface area contributed by atoms with Gasteiger partial charge in [-0.2, -0.15) is 0 Å². The molecule has 19 heavy (non-hydrogen) atoms. The van der Waals surface area contributed by atoms with Gasteiger partial charge < -0.3 is 0 Å². The smallest absolute Gasteiger partial charge is 0.110 e. The van der Waals surface area contributed by atoms with E-state index in [1.54, 1.807) is 0 Å². The van der Waals surface area contributed by atoms with Crippen LogP contribution in [0.1, 0.15) is 63.8 Å². The van der Waals surface area contributed by atoms with Gasteiger partial charge in [0.2, 0.25) is 0 Å². The lowest BCUT2D eigenvalue weighted by Crippen LogP contribution is -2.19. The van der Waals surface area contributed by atoms with E-state index in [9.17, 15) is 0 Å². The fourth-order valence-electron chi connectivity index (χ4n) is 3.06. The number of hydrogen-bond donors (Lipinski definition) is 0. The third-order valence-electron chi connectivity index (χ3n) is 3.76. The van der Waals surface area contributed by atoms with Gasteiger partial charge in [-0.25, -0.2) is 0 Å². The average Bonchev–Trinajstić information content (AvgIpc) is 2.62. The van der Waals surface area contributed by atoms with Crippen molar-refractivity contribution in [1.82, 2.24) is 9.59 Å². The predicted octanol–water partition coefficient (Wildman–Crippen LogP) is 4.90. The minimum Gasteiger partial charge on any atom is -0.138 e. The molecule has 0 unspecified atom stereocenters. The molecule has 0 aliphatic rings. The second-order valence-corrected chi connectivity index (χ2v) is 8.20. The van der Waals surface area contributed by atoms with Gasteiger partial charge in [0.1, 0.15) is 5.52 Å². The summed E-state index contributed by atoms with van der Waals surface area (Å²) in [5, 5.41) is 4.43. The summed E-state index contributed by atoms with van der Waals surface area (Å²) >= 11 is 1.53. The Morgan fingerprint density at radius 2 is 1.26 bits per heavy atom. The molecule has 0 radical (unpaired) electrons. The van der Waals surface area contributed by atoms with Crippen molar-refractivity contribution in [2.75, 3.05) is 0 Å². The van der Waals surface area contributed by atoms with E-state index < -0.39 is 0 Å². The van der Waals surface area contributed by atoms with Crippen molar-refractivity contribution in [1.29, 1.82) is 0 Å². The maximum atomic E-state index is 4.43. The molecule has 1 aromatic heterocycles. The molecule has 0 aliphatic heterocycles. The van der Waals surface area contributed by atoms with Gasteiger partial charge in [-0.15, -0.1) is 5.10 Å². The molecule has 0 bridgehead atoms. The Morgan fingerprint density at radius 3 is 1.74 bits per heavy atom. The second kappa shape index (κ2) is 4.27. The number of nitrogens with zero attached hydrogens (tertiary/aromatic N) is 2. The summed E-state index contributed by atoms with van der Waals surface area (Å²) in [7, 11) is 0. The molecule has 0 fully saturated rings. The Bertz CT molecular complexity index is 571. The number of fused-ring (bicyclic) bond motifs is 1. The summed E-state index contributed by atoms with van der Waals surface area (Å²) in [5.74, 6) is 0. The number of rotatable bonds is 0. The van der Waals surface area contributed by atoms with Crippen molar-refractivity contribution < 1.29 is 0 Å². The first-order chi connectivity index (χ1) is 8.55. The van der Waals surface area contributed by atoms with Gasteiger partial charge in [-0.3, -0.25) is 0 Å². The zero-order valence-electron chi connectivity index (χ0n) is 13.3. The van der Waals surface area contributed by atoms with Gasteiger partial charge in [0.25, 0.3) is 0 Å². The van der Waals surface area contributed by atoms with Crippen molar-refractivity contribution in [2.24, 2.45) is 0 Å². The first kappa shape index (κ1) is 14.4. The van der Waals surface area contributed by atoms with Crippen LogP contribution in [-0.2, 0) is 10.8 Å². The Hall–Kier alpha value is -0.960. The molecule has 2 nitrogen and oxygen atoms in total. The molecule has 0 atom stereocenters. The zero-order chi connectivity index (χ0) is 14.6. The van der Waals surface area contributed by atoms with Crippen LogP contribution in [0.25, 0.3) is 10.2 Å². The van der Waals surface area contributed by atoms with Crippen LogP contribution in [0.3, 0.4) is 0 Å². The molecule has 2 aromatic rings. The second-order valence-electron chi connectivity index (χ2n) is 7.45. The summed E-state index contributed by atoms with van der Waals surface area (Å²) < 4.78 is 5.49. The first-order valence-electron chi connectivity index (χ1n) is 6.81. The fraction of sp³-hybridized carbons (Fsp3) is 0.625. The quantitative estimate of drug-likeness (QED) is 0.683. The van der Waals surface area contributed by atoms with Gasteiger partial charge in [0.05, 0.1) is 4.70 Å². The number of hydrogen-bond acceptors (Lipinski definition) is 3. The van der Waals surface area contributed by atoms with E-state index in [1.165, 1.54) is 38.5 Å². The SMILES string of the molecule is Cc1c(C)c(C(C)(C)C)c2snnc2c1C(C)(C)C. The Balaban J connectivity index is 2.99. The lowest BCUT2D eigenvalue weighted by Gasteiger charge is -2.29. The van der Waals surface area contributed by atoms with E-state index in [4.69, 9.17) is 0 Å². The molecule has 104 valence electrons. The van der Waals surface area contributed by atoms with Gasteiger partial charge in [0, 0.05) is 0 Å². The average molecular weight is 276 g/mol. The van der Waals surface area contributed by atoms with E-state index in [0.717, 1.165) is 5.52 Å². The fourth-order valence-corrected chi connectivity index (χ4v) is 4.05. The van der Waals surface area contributed by atoms with E-state index in [-0.39, 0.29) is 10.8 Å². The molecule has 0 spiro atoms. The Morgan fingerprint density at radius 1 is 0.789 bits per heavy atom. The van der Waals surface area contributed by atoms with Crippen LogP contribution in [-0.4, -0.2) is 9.59 Å². The molecule has 0 aliphatic carbocycles. The highest BCUT2D eigenvalue weighted by Crippen LogP contribution is 2.41. The lowest BCUT2D eigenvalue weighted by atomic mass is 9.76. The van der Waals surface area contributed by atoms with Crippen LogP contribution in [0.4, 0.5) is 0 Å². The largest absolute Gasteiger partial charge is 0.138 e. The third kappa shape index (κ3) is 2.29. The van der Waals surface area contributed by atoms with Crippen LogP contribution in [0.5, 0.6) is 0 Å². The Labute approximate surface area is 120 Å². The first-order valence-corrected chi connectivity index (χ1v) is 7.58. The summed E-state index contributed by atoms with van der Waals surface area (Å²) in [6, 6.07) is 0. The minimum absolute atomic E-state index is 0.0965. The predicted molar refractivity (Wildman–Crippen MR) is 84.3 cm³/mol. The summed E-state index contributed by atoms with van der Waals surface area (Å²) in [6.45, 7) is 18.0. The van der Waals surface area contributed by atoms with Crippen molar-refractivity contribution in [2.45, 2.75) is 66.2 Å². The van der Waals surface area contributed by atoms with Gasteiger partial charge >= 0.3 is 0 Å². The maximum absolute atomic E-state index is 4.43. The highest BCUT2D eigenvalue weighted by molar-refractivity contribution is 7.13. The third-order valence-corrected chi connectivity index (χ3v) is 4.51. The van der Waals surface area contributed by atoms with Crippen LogP contribution in [0, 0.1) is 13.8 Å². The van der Waals surface area contributed by atoms with Crippen LogP contribution < -0.4 is 0 Å². The zero-order valence-corrected chi connectivity index (χ0v) is 14.1. The molecule has 2 rings (SSSR count). The van der Waals surface area contributed by atoms with Gasteiger partial charge in [-0.05, 0) is 58.5 Å². The maximum Gasteiger partial charge on any atom is 0.110 e. The van der Waals surface area contributed by atoms with Crippen LogP contribution in [0.15, 0.2) is 0 Å². The monoisotopic (exact) mass is 276 g/mol. The van der Waals surface area contributed by atoms with Crippen molar-refractivity contribution in [3.63, 3.8) is 0 Å². The van der Waals surface area contributed by atoms with Gasteiger partial charge in [0.15, 0.2) is 0 Å². The van der Waals surface area contributed by atoms with Crippen molar-refractivity contribution in [3.8, 4) is 0 Å². The molecule has 3 heteroatoms. The molecule has 0 amide bonds. The lowest BCUT2D eigenvalue weighted by molar-refractivity contribution is 0.577. The van der Waals surface area contributed by atoms with E-state index in [2.05, 4.69) is 65.0 Å². The molecular weight excluding hydrogens is 252 g/mol. The standard InChI is InChI=1S/C16H24N2S/c1-9-10(2)12(16(6,7)8)14-13(17-18-19-14)11(9)15(3,4)5/h1-8H3. The van der Waals surface area contributed by atoms with Crippen LogP contribution in [0.2, 0.25) is 0 Å². The Kier molecular flexibility index (Phi) is 3.25. The van der Waals surface area contributed by atoms with Crippen molar-refractivity contribution in [3.05, 3.63) is 22.3 Å². The molecule has 1 aromatic carbocycles. The number of benzene rings is 1. The normalized spacial score (nSPS) is 13.3. The topological polar surface area (TPSA) is 25.8 Å². The minimum atomic E-state index is 0.0965. The van der Waals surface area contributed by atoms with Crippen LogP contribution >= 0.6 is 11.5 Å². The molecular formula is C16H24N2S. The molecule has 0 saturated heterocycles. The van der Waals surface area contributed by atoms with Crippen molar-refractivity contribution >= 4 is 21.7 Å². The highest BCUT2D eigenvalue weighted by Gasteiger charge is 2.29. The molecule has 0 saturated carbocycles. The number of aromatic nitrogens is 2. The van der Waals surface area contributed by atoms with E-state index >= 15 is 0 Å². The van der Waals surface area contributed by atoms with Gasteiger partial charge in [-0.1, -0.05) is 46.0 Å². The molecule has 1 heterocycles. The summed E-state index contributed by atoms with van der Waals surface area (Å²) in [5.41, 5.74) is 6.85. The van der Waals surface area contributed by atoms with E-state index in [0.29, 0.717) is 0 Å². The molecule has 0 N–H and O–H groups in total. The summed E-state index contributed by atoms with van der Waals surface area (Å²) in [4.78, 5) is 0.